The minimum absolute atomic E-state index is 0. The van der Waals surface area contributed by atoms with Crippen molar-refractivity contribution < 1.29 is 13.2 Å². The molecule has 178 valence electrons. The van der Waals surface area contributed by atoms with E-state index in [-0.39, 0.29) is 38.6 Å². The van der Waals surface area contributed by atoms with E-state index in [1.54, 1.807) is 0 Å². The minimum atomic E-state index is -3.80. The third-order valence-electron chi connectivity index (χ3n) is 5.45. The van der Waals surface area contributed by atoms with Crippen LogP contribution in [-0.4, -0.2) is 41.6 Å². The van der Waals surface area contributed by atoms with E-state index in [0.29, 0.717) is 5.69 Å². The molecule has 5 nitrogen and oxygen atoms in total. The van der Waals surface area contributed by atoms with E-state index in [4.69, 9.17) is 5.73 Å². The number of hydrogen-bond donors (Lipinski definition) is 2. The Hall–Kier alpha value is -0.638. The van der Waals surface area contributed by atoms with Crippen LogP contribution in [-0.2, 0) is 14.8 Å². The molecular weight excluding hydrogens is 604 g/mol. The normalized spacial score (nSPS) is 11.1. The van der Waals surface area contributed by atoms with Gasteiger partial charge in [-0.05, 0) is 30.7 Å². The summed E-state index contributed by atoms with van der Waals surface area (Å²) in [5.74, 6) is -0.443. The first-order chi connectivity index (χ1) is 14.5. The molecule has 0 atom stereocenters. The number of carbonyl (C=O) groups is 1. The van der Waals surface area contributed by atoms with Crippen molar-refractivity contribution in [3.05, 3.63) is 24.3 Å². The molecule has 0 saturated carbocycles. The van der Waals surface area contributed by atoms with Crippen LogP contribution in [0.15, 0.2) is 29.2 Å². The number of nitrogens with two attached hydrogens (primary N) is 1. The van der Waals surface area contributed by atoms with E-state index >= 15 is 0 Å². The van der Waals surface area contributed by atoms with Gasteiger partial charge in [0.05, 0.1) is 4.90 Å². The van der Waals surface area contributed by atoms with Crippen molar-refractivity contribution in [2.45, 2.75) is 115 Å². The number of unbranched alkanes of at least 4 members (excludes halogenated alkanes) is 14. The predicted molar refractivity (Wildman–Crippen MR) is 134 cm³/mol. The summed E-state index contributed by atoms with van der Waals surface area (Å²) in [7, 11) is -3.80. The molecular formula is C24H44N2O3PbS. The molecule has 1 amide bonds. The van der Waals surface area contributed by atoms with Crippen LogP contribution < -0.4 is 10.5 Å². The molecule has 0 unspecified atom stereocenters. The van der Waals surface area contributed by atoms with Crippen molar-refractivity contribution in [1.29, 1.82) is 0 Å². The van der Waals surface area contributed by atoms with Gasteiger partial charge in [0.25, 0.3) is 10.0 Å². The monoisotopic (exact) mass is 648 g/mol. The maximum atomic E-state index is 12.1. The number of benzene rings is 1. The number of sulfonamides is 1. The van der Waals surface area contributed by atoms with Crippen LogP contribution in [0.1, 0.15) is 110 Å². The average molecular weight is 648 g/mol. The number of hydrogen-bond acceptors (Lipinski definition) is 4. The van der Waals surface area contributed by atoms with Gasteiger partial charge in [0.2, 0.25) is 5.91 Å². The quantitative estimate of drug-likeness (QED) is 0.127. The molecule has 1 aromatic rings. The molecule has 31 heavy (non-hydrogen) atoms. The molecule has 1 rings (SSSR count). The third kappa shape index (κ3) is 15.7. The van der Waals surface area contributed by atoms with Crippen LogP contribution in [0.2, 0.25) is 0 Å². The Morgan fingerprint density at radius 3 is 1.55 bits per heavy atom. The van der Waals surface area contributed by atoms with Gasteiger partial charge in [0, 0.05) is 12.1 Å². The summed E-state index contributed by atoms with van der Waals surface area (Å²) in [5, 5.41) is 0. The van der Waals surface area contributed by atoms with E-state index in [1.807, 2.05) is 0 Å². The van der Waals surface area contributed by atoms with Gasteiger partial charge in [-0.1, -0.05) is 96.8 Å². The molecule has 0 heterocycles. The zero-order chi connectivity index (χ0) is 22.1. The van der Waals surface area contributed by atoms with E-state index < -0.39 is 15.9 Å². The maximum absolute atomic E-state index is 12.1. The fourth-order valence-corrected chi connectivity index (χ4v) is 4.58. The van der Waals surface area contributed by atoms with Crippen molar-refractivity contribution in [3.8, 4) is 0 Å². The summed E-state index contributed by atoms with van der Waals surface area (Å²) in [6.07, 6.45) is 19.2. The summed E-state index contributed by atoms with van der Waals surface area (Å²) >= 11 is 0. The molecule has 2 radical (unpaired) electrons. The Kier molecular flexibility index (Phi) is 18.5. The second-order valence-corrected chi connectivity index (χ2v) is 9.98. The van der Waals surface area contributed by atoms with Gasteiger partial charge in [-0.15, -0.1) is 0 Å². The van der Waals surface area contributed by atoms with Crippen molar-refractivity contribution >= 4 is 48.9 Å². The summed E-state index contributed by atoms with van der Waals surface area (Å²) in [4.78, 5) is 12.0. The Labute approximate surface area is 210 Å². The first-order valence-corrected chi connectivity index (χ1v) is 13.3. The number of nitrogens with one attached hydrogen (secondary N) is 1. The number of amides is 1. The van der Waals surface area contributed by atoms with Crippen molar-refractivity contribution in [2.75, 3.05) is 5.73 Å². The van der Waals surface area contributed by atoms with Crippen LogP contribution in [0.5, 0.6) is 0 Å². The second-order valence-electron chi connectivity index (χ2n) is 8.30. The van der Waals surface area contributed by atoms with Crippen LogP contribution in [0.3, 0.4) is 0 Å². The van der Waals surface area contributed by atoms with E-state index in [1.165, 1.54) is 101 Å². The van der Waals surface area contributed by atoms with Crippen LogP contribution in [0.25, 0.3) is 0 Å². The molecule has 7 heteroatoms. The van der Waals surface area contributed by atoms with Gasteiger partial charge < -0.3 is 5.73 Å². The molecule has 0 bridgehead atoms. The van der Waals surface area contributed by atoms with Crippen LogP contribution >= 0.6 is 0 Å². The predicted octanol–water partition coefficient (Wildman–Crippen LogP) is 5.42. The molecule has 0 spiro atoms. The van der Waals surface area contributed by atoms with Crippen molar-refractivity contribution in [3.63, 3.8) is 0 Å². The molecule has 0 fully saturated rings. The summed E-state index contributed by atoms with van der Waals surface area (Å²) in [5.41, 5.74) is 6.04. The molecule has 3 N–H and O–H groups in total. The Morgan fingerprint density at radius 2 is 1.13 bits per heavy atom. The standard InChI is InChI=1S/C24H42N2O3S.Pb.2H/c1-2-3-4-5-6-7-8-9-10-11-12-13-14-15-16-17-24(27)26-30(28,29)23-20-18-22(25)19-21-23;;;/h18-21H,2-17,25H2,1H3,(H,26,27);;;. The first kappa shape index (κ1) is 30.4. The Balaban J connectivity index is 0.00000900. The van der Waals surface area contributed by atoms with E-state index in [9.17, 15) is 13.2 Å². The molecule has 0 saturated heterocycles. The SMILES string of the molecule is CCCCCCCCCCCCCCCCCC(=O)NS(=O)(=O)c1ccc(N)cc1.[PbH2]. The third-order valence-corrected chi connectivity index (χ3v) is 6.84. The summed E-state index contributed by atoms with van der Waals surface area (Å²) in [6, 6.07) is 5.82. The number of carbonyl (C=O) groups excluding carboxylic acids is 1. The van der Waals surface area contributed by atoms with Gasteiger partial charge in [0.1, 0.15) is 0 Å². The van der Waals surface area contributed by atoms with Gasteiger partial charge in [-0.3, -0.25) is 4.79 Å². The summed E-state index contributed by atoms with van der Waals surface area (Å²) in [6.45, 7) is 2.26. The zero-order valence-corrected chi connectivity index (χ0v) is 25.9. The van der Waals surface area contributed by atoms with Crippen LogP contribution in [0.4, 0.5) is 5.69 Å². The van der Waals surface area contributed by atoms with Crippen LogP contribution in [0, 0.1) is 0 Å². The second kappa shape index (κ2) is 18.9. The van der Waals surface area contributed by atoms with Gasteiger partial charge in [0.15, 0.2) is 0 Å². The molecule has 0 aromatic heterocycles. The number of anilines is 1. The van der Waals surface area contributed by atoms with Gasteiger partial charge >= 0.3 is 27.3 Å². The number of nitrogen functional groups attached to an aromatic ring is 1. The number of rotatable bonds is 18. The molecule has 1 aromatic carbocycles. The van der Waals surface area contributed by atoms with Gasteiger partial charge in [-0.2, -0.15) is 0 Å². The Morgan fingerprint density at radius 1 is 0.742 bits per heavy atom. The van der Waals surface area contributed by atoms with Gasteiger partial charge in [-0.25, -0.2) is 13.1 Å². The zero-order valence-electron chi connectivity index (χ0n) is 19.5. The average Bonchev–Trinajstić information content (AvgIpc) is 2.71. The first-order valence-electron chi connectivity index (χ1n) is 11.9. The van der Waals surface area contributed by atoms with Crippen molar-refractivity contribution in [2.24, 2.45) is 0 Å². The Bertz CT molecular complexity index is 679. The van der Waals surface area contributed by atoms with Crippen molar-refractivity contribution in [1.82, 2.24) is 4.72 Å². The fraction of sp³-hybridized carbons (Fsp3) is 0.708. The topological polar surface area (TPSA) is 89.3 Å². The molecule has 0 aliphatic heterocycles. The summed E-state index contributed by atoms with van der Waals surface area (Å²) < 4.78 is 26.4. The molecule has 0 aliphatic rings. The fourth-order valence-electron chi connectivity index (χ4n) is 3.56. The molecule has 0 aliphatic carbocycles. The van der Waals surface area contributed by atoms with E-state index in [0.717, 1.165) is 19.3 Å². The van der Waals surface area contributed by atoms with E-state index in [2.05, 4.69) is 11.6 Å².